The van der Waals surface area contributed by atoms with Crippen molar-refractivity contribution in [1.29, 1.82) is 0 Å². The maximum absolute atomic E-state index is 14.1. The van der Waals surface area contributed by atoms with Crippen LogP contribution in [0.2, 0.25) is 0 Å². The highest BCUT2D eigenvalue weighted by atomic mass is 19.2. The minimum Gasteiger partial charge on any atom is -0.471 e. The summed E-state index contributed by atoms with van der Waals surface area (Å²) in [5.41, 5.74) is -1.25. The van der Waals surface area contributed by atoms with Crippen molar-refractivity contribution in [1.82, 2.24) is 14.8 Å². The molecule has 2 atom stereocenters. The molecule has 0 amide bonds. The van der Waals surface area contributed by atoms with Gasteiger partial charge in [0, 0.05) is 18.2 Å². The summed E-state index contributed by atoms with van der Waals surface area (Å²) in [7, 11) is 0. The van der Waals surface area contributed by atoms with Gasteiger partial charge in [-0.3, -0.25) is 0 Å². The molecule has 2 unspecified atom stereocenters. The summed E-state index contributed by atoms with van der Waals surface area (Å²) < 4.78 is 75.2. The summed E-state index contributed by atoms with van der Waals surface area (Å²) in [6.07, 6.45) is 0. The fraction of sp³-hybridized carbons (Fsp3) is 0.222. The first-order valence-corrected chi connectivity index (χ1v) is 7.96. The number of nitrogens with zero attached hydrogens (tertiary/aromatic N) is 3. The number of ether oxygens (including phenoxy) is 1. The zero-order valence-electron chi connectivity index (χ0n) is 14.1. The first-order chi connectivity index (χ1) is 12.7. The molecule has 1 aromatic heterocycles. The number of rotatable bonds is 3. The van der Waals surface area contributed by atoms with Crippen molar-refractivity contribution < 1.29 is 26.7 Å². The summed E-state index contributed by atoms with van der Waals surface area (Å²) >= 11 is 0. The van der Waals surface area contributed by atoms with E-state index < -0.39 is 46.5 Å². The van der Waals surface area contributed by atoms with Crippen molar-refractivity contribution >= 4 is 0 Å². The van der Waals surface area contributed by atoms with Crippen molar-refractivity contribution in [3.05, 3.63) is 65.2 Å². The molecule has 140 valence electrons. The van der Waals surface area contributed by atoms with Gasteiger partial charge in [0.1, 0.15) is 17.5 Å². The second kappa shape index (κ2) is 5.77. The summed E-state index contributed by atoms with van der Waals surface area (Å²) in [4.78, 5) is 0. The van der Waals surface area contributed by atoms with E-state index >= 15 is 0 Å². The van der Waals surface area contributed by atoms with Crippen LogP contribution in [0.25, 0.3) is 11.4 Å². The normalized spacial score (nSPS) is 20.9. The standard InChI is InChI=1S/C18H12F5N3O/c1-8-18(2,27-15-13(22)6-10(20)7-14(15)23)17-25-24-16(26(8)17)11-4-3-9(19)5-12(11)21/h3-8H,1-2H3. The van der Waals surface area contributed by atoms with Gasteiger partial charge in [-0.1, -0.05) is 0 Å². The van der Waals surface area contributed by atoms with Crippen LogP contribution < -0.4 is 4.74 Å². The largest absolute Gasteiger partial charge is 0.471 e. The Kier molecular flexibility index (Phi) is 3.72. The van der Waals surface area contributed by atoms with E-state index in [2.05, 4.69) is 10.2 Å². The SMILES string of the molecule is CC1n2c(-c3ccc(F)cc3F)nnc2C1(C)Oc1c(F)cc(F)cc1F. The van der Waals surface area contributed by atoms with Gasteiger partial charge in [-0.05, 0) is 26.0 Å². The summed E-state index contributed by atoms with van der Waals surface area (Å²) in [6, 6.07) is 3.52. The highest BCUT2D eigenvalue weighted by Crippen LogP contribution is 2.49. The number of hydrogen-bond donors (Lipinski definition) is 0. The molecule has 0 fully saturated rings. The lowest BCUT2D eigenvalue weighted by Crippen LogP contribution is -2.50. The van der Waals surface area contributed by atoms with Gasteiger partial charge in [0.2, 0.25) is 0 Å². The molecule has 4 nitrogen and oxygen atoms in total. The maximum atomic E-state index is 14.1. The fourth-order valence-electron chi connectivity index (χ4n) is 3.19. The van der Waals surface area contributed by atoms with Crippen molar-refractivity contribution in [2.45, 2.75) is 25.5 Å². The van der Waals surface area contributed by atoms with Crippen LogP contribution in [0, 0.1) is 29.1 Å². The third-order valence-corrected chi connectivity index (χ3v) is 4.77. The van der Waals surface area contributed by atoms with E-state index in [-0.39, 0.29) is 17.2 Å². The minimum atomic E-state index is -1.28. The van der Waals surface area contributed by atoms with Crippen LogP contribution in [0.3, 0.4) is 0 Å². The van der Waals surface area contributed by atoms with Crippen molar-refractivity contribution in [2.75, 3.05) is 0 Å². The predicted molar refractivity (Wildman–Crippen MR) is 84.4 cm³/mol. The highest BCUT2D eigenvalue weighted by molar-refractivity contribution is 5.58. The predicted octanol–water partition coefficient (Wildman–Crippen LogP) is 4.51. The van der Waals surface area contributed by atoms with Crippen molar-refractivity contribution in [2.24, 2.45) is 0 Å². The zero-order chi connectivity index (χ0) is 19.5. The Morgan fingerprint density at radius 1 is 0.926 bits per heavy atom. The first kappa shape index (κ1) is 17.4. The van der Waals surface area contributed by atoms with Crippen LogP contribution in [-0.2, 0) is 5.60 Å². The topological polar surface area (TPSA) is 39.9 Å². The van der Waals surface area contributed by atoms with Gasteiger partial charge in [-0.25, -0.2) is 22.0 Å². The van der Waals surface area contributed by atoms with Crippen LogP contribution in [0.5, 0.6) is 5.75 Å². The Labute approximate surface area is 150 Å². The van der Waals surface area contributed by atoms with Crippen LogP contribution in [0.15, 0.2) is 30.3 Å². The zero-order valence-corrected chi connectivity index (χ0v) is 14.1. The summed E-state index contributed by atoms with van der Waals surface area (Å²) in [6.45, 7) is 3.20. The molecule has 4 rings (SSSR count). The van der Waals surface area contributed by atoms with Crippen LogP contribution in [0.4, 0.5) is 22.0 Å². The monoisotopic (exact) mass is 381 g/mol. The number of halogens is 5. The average molecular weight is 381 g/mol. The lowest BCUT2D eigenvalue weighted by atomic mass is 9.87. The molecule has 0 radical (unpaired) electrons. The molecule has 1 aliphatic rings. The maximum Gasteiger partial charge on any atom is 0.192 e. The van der Waals surface area contributed by atoms with E-state index in [1.165, 1.54) is 17.6 Å². The molecule has 1 aliphatic heterocycles. The number of benzene rings is 2. The van der Waals surface area contributed by atoms with Crippen LogP contribution in [0.1, 0.15) is 25.7 Å². The Morgan fingerprint density at radius 3 is 2.19 bits per heavy atom. The lowest BCUT2D eigenvalue weighted by Gasteiger charge is -2.45. The third-order valence-electron chi connectivity index (χ3n) is 4.77. The second-order valence-corrected chi connectivity index (χ2v) is 6.43. The lowest BCUT2D eigenvalue weighted by molar-refractivity contribution is -0.0309. The Balaban J connectivity index is 1.74. The van der Waals surface area contributed by atoms with Crippen molar-refractivity contribution in [3.8, 4) is 17.1 Å². The minimum absolute atomic E-state index is 0.0307. The molecule has 0 saturated heterocycles. The van der Waals surface area contributed by atoms with Crippen LogP contribution >= 0.6 is 0 Å². The van der Waals surface area contributed by atoms with Gasteiger partial charge < -0.3 is 9.30 Å². The molecule has 0 bridgehead atoms. The van der Waals surface area contributed by atoms with E-state index in [1.807, 2.05) is 0 Å². The smallest absolute Gasteiger partial charge is 0.192 e. The molecule has 27 heavy (non-hydrogen) atoms. The average Bonchev–Trinajstić information content (AvgIpc) is 3.00. The van der Waals surface area contributed by atoms with E-state index in [0.717, 1.165) is 12.1 Å². The molecule has 0 spiro atoms. The van der Waals surface area contributed by atoms with E-state index in [9.17, 15) is 22.0 Å². The van der Waals surface area contributed by atoms with Gasteiger partial charge in [-0.15, -0.1) is 10.2 Å². The Morgan fingerprint density at radius 2 is 1.56 bits per heavy atom. The summed E-state index contributed by atoms with van der Waals surface area (Å²) in [5, 5.41) is 7.84. The molecule has 3 aromatic rings. The fourth-order valence-corrected chi connectivity index (χ4v) is 3.19. The Bertz CT molecular complexity index is 1040. The van der Waals surface area contributed by atoms with Crippen LogP contribution in [-0.4, -0.2) is 14.8 Å². The van der Waals surface area contributed by atoms with Crippen molar-refractivity contribution in [3.63, 3.8) is 0 Å². The number of aromatic nitrogens is 3. The quantitative estimate of drug-likeness (QED) is 0.627. The van der Waals surface area contributed by atoms with Gasteiger partial charge >= 0.3 is 0 Å². The highest BCUT2D eigenvalue weighted by Gasteiger charge is 2.53. The third kappa shape index (κ3) is 2.48. The van der Waals surface area contributed by atoms with E-state index in [1.54, 1.807) is 6.92 Å². The summed E-state index contributed by atoms with van der Waals surface area (Å²) in [5.74, 6) is -5.40. The molecular formula is C18H12F5N3O. The first-order valence-electron chi connectivity index (χ1n) is 7.96. The number of hydrogen-bond acceptors (Lipinski definition) is 3. The molecule has 0 N–H and O–H groups in total. The Hall–Kier alpha value is -2.97. The van der Waals surface area contributed by atoms with Gasteiger partial charge in [-0.2, -0.15) is 0 Å². The molecule has 0 saturated carbocycles. The molecule has 2 aromatic carbocycles. The second-order valence-electron chi connectivity index (χ2n) is 6.43. The molecular weight excluding hydrogens is 369 g/mol. The van der Waals surface area contributed by atoms with Gasteiger partial charge in [0.15, 0.2) is 34.6 Å². The van der Waals surface area contributed by atoms with E-state index in [4.69, 9.17) is 4.74 Å². The number of fused-ring (bicyclic) bond motifs is 1. The molecule has 0 aliphatic carbocycles. The van der Waals surface area contributed by atoms with E-state index in [0.29, 0.717) is 12.1 Å². The molecule has 2 heterocycles. The van der Waals surface area contributed by atoms with Gasteiger partial charge in [0.05, 0.1) is 11.6 Å². The molecule has 9 heteroatoms. The van der Waals surface area contributed by atoms with Gasteiger partial charge in [0.25, 0.3) is 0 Å².